The van der Waals surface area contributed by atoms with Gasteiger partial charge in [-0.3, -0.25) is 4.90 Å². The number of benzene rings is 2. The van der Waals surface area contributed by atoms with Gasteiger partial charge < -0.3 is 14.2 Å². The summed E-state index contributed by atoms with van der Waals surface area (Å²) in [6.07, 6.45) is 0.555. The Morgan fingerprint density at radius 1 is 0.933 bits per heavy atom. The Hall–Kier alpha value is -2.90. The van der Waals surface area contributed by atoms with E-state index in [1.165, 1.54) is 0 Å². The molecule has 0 aromatic heterocycles. The van der Waals surface area contributed by atoms with Gasteiger partial charge in [0.15, 0.2) is 11.5 Å². The predicted octanol–water partition coefficient (Wildman–Crippen LogP) is 2.37. The highest BCUT2D eigenvalue weighted by Crippen LogP contribution is 2.41. The molecule has 160 valence electrons. The molecule has 2 aromatic carbocycles. The minimum absolute atomic E-state index is 0.0811. The van der Waals surface area contributed by atoms with Gasteiger partial charge in [0.25, 0.3) is 0 Å². The molecule has 0 bridgehead atoms. The summed E-state index contributed by atoms with van der Waals surface area (Å²) in [4.78, 5) is 26.8. The van der Waals surface area contributed by atoms with Crippen LogP contribution in [0.4, 0.5) is 0 Å². The number of carbonyl (C=O) groups excluding carboxylic acids is 2. The van der Waals surface area contributed by atoms with Crippen LogP contribution >= 0.6 is 0 Å². The summed E-state index contributed by atoms with van der Waals surface area (Å²) in [6.45, 7) is 0.271. The summed E-state index contributed by atoms with van der Waals surface area (Å²) in [5, 5.41) is 0. The maximum absolute atomic E-state index is 12.8. The van der Waals surface area contributed by atoms with E-state index in [1.807, 2.05) is 48.3 Å². The van der Waals surface area contributed by atoms with Gasteiger partial charge in [0.2, 0.25) is 5.75 Å². The van der Waals surface area contributed by atoms with E-state index in [4.69, 9.17) is 14.2 Å². The average Bonchev–Trinajstić information content (AvgIpc) is 2.75. The minimum Gasteiger partial charge on any atom is -0.493 e. The molecule has 1 atom stereocenters. The Morgan fingerprint density at radius 2 is 1.50 bits per heavy atom. The lowest BCUT2D eigenvalue weighted by atomic mass is 9.97. The lowest BCUT2D eigenvalue weighted by Crippen LogP contribution is -2.66. The number of hydrogen-bond acceptors (Lipinski definition) is 6. The van der Waals surface area contributed by atoms with Crippen molar-refractivity contribution in [2.75, 3.05) is 49.0 Å². The molecular weight excluding hydrogens is 384 g/mol. The first-order valence-electron chi connectivity index (χ1n) is 9.74. The number of carbonyl (C=O) groups is 2. The Labute approximate surface area is 177 Å². The van der Waals surface area contributed by atoms with Crippen LogP contribution in [-0.4, -0.2) is 76.3 Å². The van der Waals surface area contributed by atoms with Gasteiger partial charge in [-0.15, -0.1) is 0 Å². The summed E-state index contributed by atoms with van der Waals surface area (Å²) < 4.78 is 16.1. The predicted molar refractivity (Wildman–Crippen MR) is 114 cm³/mol. The van der Waals surface area contributed by atoms with Crippen molar-refractivity contribution in [3.05, 3.63) is 42.0 Å². The molecule has 1 fully saturated rings. The van der Waals surface area contributed by atoms with Gasteiger partial charge in [-0.2, -0.15) is 0 Å². The molecule has 0 saturated carbocycles. The topological polar surface area (TPSA) is 65.1 Å². The number of methoxy groups -OCH3 is 3. The molecule has 7 heteroatoms. The van der Waals surface area contributed by atoms with Crippen LogP contribution in [0.2, 0.25) is 0 Å². The molecule has 1 aliphatic heterocycles. The highest BCUT2D eigenvalue weighted by atomic mass is 16.5. The number of nitrogens with zero attached hydrogens (tertiary/aromatic N) is 2. The second kappa shape index (κ2) is 8.45. The van der Waals surface area contributed by atoms with E-state index in [9.17, 15) is 9.59 Å². The van der Waals surface area contributed by atoms with Crippen LogP contribution in [0.3, 0.4) is 0 Å². The molecule has 1 aliphatic rings. The fraction of sp³-hybridized carbons (Fsp3) is 0.391. The molecule has 2 aromatic rings. The second-order valence-corrected chi connectivity index (χ2v) is 7.93. The molecule has 1 unspecified atom stereocenters. The van der Waals surface area contributed by atoms with E-state index < -0.39 is 0 Å². The molecule has 2 amide bonds. The van der Waals surface area contributed by atoms with Gasteiger partial charge in [0.1, 0.15) is 12.6 Å². The van der Waals surface area contributed by atoms with E-state index in [0.717, 1.165) is 16.7 Å². The zero-order valence-corrected chi connectivity index (χ0v) is 18.4. The molecule has 0 radical (unpaired) electrons. The third-order valence-corrected chi connectivity index (χ3v) is 5.76. The Bertz CT molecular complexity index is 928. The Kier molecular flexibility index (Phi) is 6.14. The maximum atomic E-state index is 12.8. The number of quaternary nitrogens is 1. The van der Waals surface area contributed by atoms with Crippen molar-refractivity contribution >= 4 is 11.8 Å². The normalized spacial score (nSPS) is 18.9. The number of ether oxygens (including phenoxy) is 3. The van der Waals surface area contributed by atoms with Crippen LogP contribution in [-0.2, 0) is 16.0 Å². The second-order valence-electron chi connectivity index (χ2n) is 7.93. The number of hydrogen-bond donors (Lipinski definition) is 0. The van der Waals surface area contributed by atoms with Crippen LogP contribution in [0.1, 0.15) is 5.56 Å². The standard InChI is InChI=1S/C23H29N2O5/c1-24-14-21(26)25(2,3)23(27)18(24)11-15-7-9-16(10-8-15)17-12-19(28-4)22(30-6)20(13-17)29-5/h7-10,12-13,18H,11,14H2,1-6H3/q+1. The van der Waals surface area contributed by atoms with Crippen molar-refractivity contribution in [2.45, 2.75) is 12.5 Å². The van der Waals surface area contributed by atoms with Crippen LogP contribution < -0.4 is 14.2 Å². The fourth-order valence-corrected chi connectivity index (χ4v) is 3.73. The lowest BCUT2D eigenvalue weighted by Gasteiger charge is -2.38. The van der Waals surface area contributed by atoms with Gasteiger partial charge in [-0.25, -0.2) is 14.1 Å². The third-order valence-electron chi connectivity index (χ3n) is 5.76. The minimum atomic E-state index is -0.329. The molecule has 0 aliphatic carbocycles. The summed E-state index contributed by atoms with van der Waals surface area (Å²) in [5.74, 6) is 1.57. The molecule has 1 heterocycles. The first kappa shape index (κ1) is 21.8. The van der Waals surface area contributed by atoms with Gasteiger partial charge >= 0.3 is 11.8 Å². The summed E-state index contributed by atoms with van der Waals surface area (Å²) >= 11 is 0. The van der Waals surface area contributed by atoms with Gasteiger partial charge in [-0.1, -0.05) is 24.3 Å². The number of imide groups is 1. The Balaban J connectivity index is 1.85. The van der Waals surface area contributed by atoms with Crippen molar-refractivity contribution in [1.82, 2.24) is 4.90 Å². The summed E-state index contributed by atoms with van der Waals surface area (Å²) in [7, 11) is 9.91. The van der Waals surface area contributed by atoms with Gasteiger partial charge in [0.05, 0.1) is 35.4 Å². The quantitative estimate of drug-likeness (QED) is 0.535. The van der Waals surface area contributed by atoms with E-state index in [1.54, 1.807) is 35.4 Å². The van der Waals surface area contributed by atoms with E-state index in [-0.39, 0.29) is 28.9 Å². The van der Waals surface area contributed by atoms with Gasteiger partial charge in [0, 0.05) is 6.42 Å². The smallest absolute Gasteiger partial charge is 0.338 e. The molecular formula is C23H29N2O5+. The molecule has 1 saturated heterocycles. The summed E-state index contributed by atoms with van der Waals surface area (Å²) in [5.41, 5.74) is 2.96. The molecule has 0 N–H and O–H groups in total. The first-order valence-corrected chi connectivity index (χ1v) is 9.74. The monoisotopic (exact) mass is 413 g/mol. The van der Waals surface area contributed by atoms with E-state index >= 15 is 0 Å². The Morgan fingerprint density at radius 3 is 2.00 bits per heavy atom. The van der Waals surface area contributed by atoms with Crippen LogP contribution in [0, 0.1) is 0 Å². The summed E-state index contributed by atoms with van der Waals surface area (Å²) in [6, 6.07) is 11.5. The number of likely N-dealkylation sites (N-methyl/N-ethyl adjacent to an activating group) is 2. The zero-order valence-electron chi connectivity index (χ0n) is 18.4. The van der Waals surface area contributed by atoms with Crippen molar-refractivity contribution in [1.29, 1.82) is 0 Å². The molecule has 7 nitrogen and oxygen atoms in total. The van der Waals surface area contributed by atoms with E-state index in [2.05, 4.69) is 0 Å². The fourth-order valence-electron chi connectivity index (χ4n) is 3.73. The largest absolute Gasteiger partial charge is 0.493 e. The number of amides is 2. The van der Waals surface area contributed by atoms with Crippen LogP contribution in [0.25, 0.3) is 11.1 Å². The number of piperazine rings is 1. The van der Waals surface area contributed by atoms with Crippen molar-refractivity contribution in [3.8, 4) is 28.4 Å². The molecule has 0 spiro atoms. The van der Waals surface area contributed by atoms with Crippen LogP contribution in [0.5, 0.6) is 17.2 Å². The van der Waals surface area contributed by atoms with Crippen molar-refractivity contribution in [2.24, 2.45) is 0 Å². The highest BCUT2D eigenvalue weighted by molar-refractivity contribution is 5.91. The number of rotatable bonds is 6. The zero-order chi connectivity index (χ0) is 22.1. The van der Waals surface area contributed by atoms with Crippen LogP contribution in [0.15, 0.2) is 36.4 Å². The van der Waals surface area contributed by atoms with E-state index in [0.29, 0.717) is 23.7 Å². The van der Waals surface area contributed by atoms with Crippen molar-refractivity contribution < 1.29 is 28.3 Å². The average molecular weight is 413 g/mol. The molecule has 30 heavy (non-hydrogen) atoms. The maximum Gasteiger partial charge on any atom is 0.338 e. The van der Waals surface area contributed by atoms with Crippen molar-refractivity contribution in [3.63, 3.8) is 0 Å². The SMILES string of the molecule is COc1cc(-c2ccc(CC3C(=O)[N+](C)(C)C(=O)CN3C)cc2)cc(OC)c1OC. The third kappa shape index (κ3) is 3.91. The van der Waals surface area contributed by atoms with Gasteiger partial charge in [-0.05, 0) is 35.9 Å². The molecule has 3 rings (SSSR count). The lowest BCUT2D eigenvalue weighted by molar-refractivity contribution is -0.740. The first-order chi connectivity index (χ1) is 14.2. The highest BCUT2D eigenvalue weighted by Gasteiger charge is 2.47.